The van der Waals surface area contributed by atoms with Gasteiger partial charge in [0, 0.05) is 57.9 Å². The Kier molecular flexibility index (Phi) is 63.2. The third kappa shape index (κ3) is 58.0. The third-order valence-electron chi connectivity index (χ3n) is 20.0. The van der Waals surface area contributed by atoms with Crippen molar-refractivity contribution in [3.05, 3.63) is 29.8 Å². The molecule has 0 aliphatic heterocycles. The van der Waals surface area contributed by atoms with Crippen molar-refractivity contribution in [2.24, 2.45) is 57.3 Å². The number of thiol groups is 1. The van der Waals surface area contributed by atoms with E-state index in [9.17, 15) is 77.3 Å². The van der Waals surface area contributed by atoms with Crippen LogP contribution in [-0.4, -0.2) is 306 Å². The van der Waals surface area contributed by atoms with Crippen LogP contribution in [0.2, 0.25) is 0 Å². The molecule has 133 heavy (non-hydrogen) atoms. The number of rotatable bonds is 76. The van der Waals surface area contributed by atoms with Crippen LogP contribution < -0.4 is 169 Å². The van der Waals surface area contributed by atoms with Gasteiger partial charge < -0.3 is 179 Å². The Morgan fingerprint density at radius 2 is 0.564 bits per heavy atom. The molecule has 0 fully saturated rings. The van der Waals surface area contributed by atoms with Crippen LogP contribution in [-0.2, 0) is 73.5 Å². The molecule has 0 aliphatic rings. The molecule has 1 aromatic rings. The Hall–Kier alpha value is -12.7. The third-order valence-corrected chi connectivity index (χ3v) is 20.4. The summed E-state index contributed by atoms with van der Waals surface area (Å²) in [5.74, 6) is -16.3. The van der Waals surface area contributed by atoms with Gasteiger partial charge in [-0.2, -0.15) is 12.6 Å². The van der Waals surface area contributed by atoms with Gasteiger partial charge in [0.2, 0.25) is 76.8 Å². The van der Waals surface area contributed by atoms with Crippen molar-refractivity contribution in [3.8, 4) is 5.75 Å². The molecular formula is C79H149N37O16S. The number of unbranched alkanes of at least 4 members (excludes halogenated alkanes) is 3. The number of amides is 13. The van der Waals surface area contributed by atoms with Crippen molar-refractivity contribution in [2.45, 2.75) is 227 Å². The average molecular weight is 1910 g/mol. The highest BCUT2D eigenvalue weighted by Gasteiger charge is 2.37. The molecule has 0 aromatic heterocycles. The molecule has 53 nitrogen and oxygen atoms in total. The van der Waals surface area contributed by atoms with E-state index in [0.717, 1.165) is 38.9 Å². The SMILES string of the molecule is N=C(N)NCCC[C@H](NC(=O)[C@H](CCCNC(=N)N)NC(=O)[C@H](CCCNC(=N)N)NC(=O)[C@H](CCC(N)=O)NC(=O)[C@H](CCCNC(=N)N)NC(=O)[C@H](CCCNC(=N)N)NC(=O)[C@H](CCCCN)NC(=O)[C@H](CCCCN)NC(=O)[C@H](CCCNC(=N)N)NC(=O)CNC(=O)[C@H](Cc1ccc(O)cc1)NC(=O)CNC(=O)[C@H](CS)NCCCNCCCCNCCCN)C(=O)O. The molecule has 752 valence electrons. The smallest absolute Gasteiger partial charge is 0.326 e. The quantitative estimate of drug-likeness (QED) is 0.0125. The number of carboxylic acids is 1. The van der Waals surface area contributed by atoms with Crippen molar-refractivity contribution in [2.75, 3.05) is 110 Å². The molecule has 0 spiro atoms. The first-order valence-electron chi connectivity index (χ1n) is 44.5. The minimum absolute atomic E-state index is 0.00317. The van der Waals surface area contributed by atoms with Crippen molar-refractivity contribution >= 4 is 131 Å². The van der Waals surface area contributed by atoms with Gasteiger partial charge in [-0.3, -0.25) is 94.8 Å². The molecule has 0 saturated carbocycles. The van der Waals surface area contributed by atoms with E-state index >= 15 is 0 Å². The maximum absolute atomic E-state index is 15.0. The summed E-state index contributed by atoms with van der Waals surface area (Å²) in [4.78, 5) is 197. The molecule has 11 atom stereocenters. The van der Waals surface area contributed by atoms with Crippen molar-refractivity contribution in [1.82, 2.24) is 112 Å². The number of carbonyl (C=O) groups excluding carboxylic acids is 13. The van der Waals surface area contributed by atoms with E-state index in [1.165, 1.54) is 24.3 Å². The highest BCUT2D eigenvalue weighted by Crippen LogP contribution is 2.15. The Morgan fingerprint density at radius 3 is 0.865 bits per heavy atom. The van der Waals surface area contributed by atoms with Crippen LogP contribution in [0.1, 0.15) is 160 Å². The molecule has 54 heteroatoms. The van der Waals surface area contributed by atoms with Crippen LogP contribution in [0.15, 0.2) is 24.3 Å². The number of carbonyl (C=O) groups is 14. The van der Waals surface area contributed by atoms with E-state index in [0.29, 0.717) is 44.5 Å². The molecule has 13 amide bonds. The van der Waals surface area contributed by atoms with Gasteiger partial charge in [0.1, 0.15) is 66.2 Å². The summed E-state index contributed by atoms with van der Waals surface area (Å²) in [6.45, 7) is 3.20. The molecule has 0 aliphatic carbocycles. The van der Waals surface area contributed by atoms with Gasteiger partial charge in [-0.15, -0.1) is 0 Å². The summed E-state index contributed by atoms with van der Waals surface area (Å²) in [6.07, 6.45) is 1.86. The zero-order valence-corrected chi connectivity index (χ0v) is 76.6. The number of primary amides is 1. The molecule has 0 unspecified atom stereocenters. The summed E-state index contributed by atoms with van der Waals surface area (Å²) in [5.41, 5.74) is 56.4. The molecule has 49 N–H and O–H groups in total. The largest absolute Gasteiger partial charge is 0.508 e. The van der Waals surface area contributed by atoms with Crippen LogP contribution in [0.5, 0.6) is 5.75 Å². The highest BCUT2D eigenvalue weighted by atomic mass is 32.1. The van der Waals surface area contributed by atoms with E-state index < -0.39 is 205 Å². The Labute approximate surface area is 779 Å². The fourth-order valence-corrected chi connectivity index (χ4v) is 13.2. The van der Waals surface area contributed by atoms with Crippen molar-refractivity contribution < 1.29 is 77.3 Å². The molecule has 0 heterocycles. The lowest BCUT2D eigenvalue weighted by Gasteiger charge is -2.28. The monoisotopic (exact) mass is 1900 g/mol. The number of benzene rings is 1. The Bertz CT molecular complexity index is 3820. The Balaban J connectivity index is 3.82. The summed E-state index contributed by atoms with van der Waals surface area (Å²) in [6, 6.07) is -10.6. The maximum atomic E-state index is 15.0. The number of phenolic OH excluding ortho intramolecular Hbond substituents is 1. The highest BCUT2D eigenvalue weighted by molar-refractivity contribution is 7.80. The van der Waals surface area contributed by atoms with Crippen LogP contribution in [0, 0.1) is 32.5 Å². The average Bonchev–Trinajstić information content (AvgIpc) is 0.770. The normalized spacial score (nSPS) is 13.4. The van der Waals surface area contributed by atoms with Gasteiger partial charge in [0.05, 0.1) is 19.1 Å². The fourth-order valence-electron chi connectivity index (χ4n) is 12.9. The van der Waals surface area contributed by atoms with Crippen molar-refractivity contribution in [3.63, 3.8) is 0 Å². The Morgan fingerprint density at radius 1 is 0.293 bits per heavy atom. The molecule has 0 saturated heterocycles. The van der Waals surface area contributed by atoms with E-state index in [1.807, 2.05) is 0 Å². The molecule has 0 bridgehead atoms. The second-order valence-electron chi connectivity index (χ2n) is 31.2. The van der Waals surface area contributed by atoms with E-state index in [1.54, 1.807) is 0 Å². The fraction of sp³-hybridized carbons (Fsp3) is 0.671. The summed E-state index contributed by atoms with van der Waals surface area (Å²) in [5, 5.41) is 122. The zero-order chi connectivity index (χ0) is 99.4. The van der Waals surface area contributed by atoms with E-state index in [4.69, 9.17) is 89.8 Å². The van der Waals surface area contributed by atoms with Crippen LogP contribution >= 0.6 is 12.6 Å². The number of nitrogens with one attached hydrogen (secondary N) is 27. The number of aliphatic carboxylic acids is 1. The summed E-state index contributed by atoms with van der Waals surface area (Å²) < 4.78 is 0. The number of carboxylic acid groups (broad SMARTS) is 1. The number of aromatic hydroxyl groups is 1. The number of hydrogen-bond donors (Lipinski definition) is 40. The van der Waals surface area contributed by atoms with Gasteiger partial charge in [-0.25, -0.2) is 4.79 Å². The second-order valence-corrected chi connectivity index (χ2v) is 31.6. The van der Waals surface area contributed by atoms with Gasteiger partial charge >= 0.3 is 5.97 Å². The molecule has 0 radical (unpaired) electrons. The topological polar surface area (TPSA) is 935 Å². The number of nitrogens with two attached hydrogens (primary N) is 10. The zero-order valence-electron chi connectivity index (χ0n) is 75.7. The minimum atomic E-state index is -1.77. The van der Waals surface area contributed by atoms with Crippen LogP contribution in [0.3, 0.4) is 0 Å². The standard InChI is InChI=1S/C79H149N37O16S/c80-29-3-1-15-50(109-65(123)49(17-7-36-99-74(84)85)107-61(119)44-105-63(121)58(43-47-23-25-48(117)26-24-47)108-62(120)45-106-64(122)59(46-133)98-42-14-35-97-33-6-5-32-96-34-13-31-82)66(124)110-51(16-2-4-30-81)67(125)111-52(18-8-37-100-75(86)87)68(126)112-54(20-10-39-102-77(90)91)70(128)115-56(27-28-60(83)118)72(130)114-53(19-9-38-101-76(88)89)69(127)113-55(21-11-40-103-78(92)93)71(129)116-57(73(131)132)22-12-41-104-79(94)95/h23-26,49-59,96-98,117,133H,1-22,27-46,80-82H2,(H2,83,118)(H,105,121)(H,106,122)(H,107,119)(H,108,120)(H,109,123)(H,110,124)(H,111,125)(H,112,126)(H,113,127)(H,114,130)(H,115,128)(H,116,129)(H,131,132)(H4,84,85,99)(H4,86,87,100)(H4,88,89,101)(H4,90,91,102)(H4,92,93,103)(H4,94,95,104)/t49-,50-,51-,52-,53-,54-,55-,56-,57-,58-,59-/m0/s1. The second kappa shape index (κ2) is 71.1. The van der Waals surface area contributed by atoms with Gasteiger partial charge in [-0.1, -0.05) is 12.1 Å². The first-order chi connectivity index (χ1) is 63.3. The van der Waals surface area contributed by atoms with Gasteiger partial charge in [0.15, 0.2) is 35.8 Å². The first-order valence-corrected chi connectivity index (χ1v) is 45.2. The lowest BCUT2D eigenvalue weighted by Crippen LogP contribution is -2.60. The summed E-state index contributed by atoms with van der Waals surface area (Å²) >= 11 is 4.32. The van der Waals surface area contributed by atoms with Gasteiger partial charge in [-0.05, 0) is 218 Å². The molecule has 1 aromatic carbocycles. The van der Waals surface area contributed by atoms with Gasteiger partial charge in [0.25, 0.3) is 0 Å². The first kappa shape index (κ1) is 118. The summed E-state index contributed by atoms with van der Waals surface area (Å²) in [7, 11) is 0. The predicted molar refractivity (Wildman–Crippen MR) is 503 cm³/mol. The predicted octanol–water partition coefficient (Wildman–Crippen LogP) is -11.2. The lowest BCUT2D eigenvalue weighted by molar-refractivity contribution is -0.142. The van der Waals surface area contributed by atoms with Crippen LogP contribution in [0.25, 0.3) is 0 Å². The van der Waals surface area contributed by atoms with Crippen molar-refractivity contribution in [1.29, 1.82) is 32.5 Å². The number of guanidine groups is 6. The number of phenols is 1. The molecular weight excluding hydrogens is 1760 g/mol. The maximum Gasteiger partial charge on any atom is 0.326 e. The van der Waals surface area contributed by atoms with E-state index in [-0.39, 0.29) is 179 Å². The number of hydrogen-bond acceptors (Lipinski definition) is 28. The minimum Gasteiger partial charge on any atom is -0.508 e. The lowest BCUT2D eigenvalue weighted by atomic mass is 10.0. The molecule has 1 rings (SSSR count). The van der Waals surface area contributed by atoms with E-state index in [2.05, 4.69) is 124 Å². The van der Waals surface area contributed by atoms with Crippen LogP contribution in [0.4, 0.5) is 0 Å².